The number of aliphatic carboxylic acids is 1. The van der Waals surface area contributed by atoms with E-state index < -0.39 is 5.97 Å². The van der Waals surface area contributed by atoms with E-state index in [1.807, 2.05) is 53.3 Å². The number of carbonyl (C=O) groups is 1. The smallest absolute Gasteiger partial charge is 0.309 e. The molecular weight excluding hydrogens is 282 g/mol. The topological polar surface area (TPSA) is 42.2 Å². The fourth-order valence-electron chi connectivity index (χ4n) is 2.46. The maximum Gasteiger partial charge on any atom is 0.309 e. The predicted molar refractivity (Wildman–Crippen MR) is 85.2 cm³/mol. The quantitative estimate of drug-likeness (QED) is 0.786. The van der Waals surface area contributed by atoms with E-state index in [9.17, 15) is 4.79 Å². The highest BCUT2D eigenvalue weighted by Gasteiger charge is 2.14. The number of nitrogens with zero attached hydrogens (tertiary/aromatic N) is 1. The predicted octanol–water partition coefficient (Wildman–Crippen LogP) is 4.14. The molecule has 106 valence electrons. The SMILES string of the molecule is Cc1cccc(-n2c(CC(=O)O)ccc2-c2cccs2)c1. The molecule has 0 fully saturated rings. The van der Waals surface area contributed by atoms with Gasteiger partial charge in [0.1, 0.15) is 0 Å². The number of benzene rings is 1. The zero-order chi connectivity index (χ0) is 14.8. The van der Waals surface area contributed by atoms with Gasteiger partial charge in [0.15, 0.2) is 0 Å². The lowest BCUT2D eigenvalue weighted by Gasteiger charge is -2.13. The molecule has 0 unspecified atom stereocenters. The maximum atomic E-state index is 11.1. The van der Waals surface area contributed by atoms with Crippen LogP contribution in [0.4, 0.5) is 0 Å². The summed E-state index contributed by atoms with van der Waals surface area (Å²) in [6, 6.07) is 16.1. The van der Waals surface area contributed by atoms with Crippen molar-refractivity contribution in [1.82, 2.24) is 4.57 Å². The fraction of sp³-hybridized carbons (Fsp3) is 0.118. The normalized spacial score (nSPS) is 10.7. The minimum Gasteiger partial charge on any atom is -0.481 e. The largest absolute Gasteiger partial charge is 0.481 e. The van der Waals surface area contributed by atoms with E-state index >= 15 is 0 Å². The number of carboxylic acid groups (broad SMARTS) is 1. The van der Waals surface area contributed by atoms with E-state index in [-0.39, 0.29) is 6.42 Å². The van der Waals surface area contributed by atoms with Gasteiger partial charge in [-0.25, -0.2) is 0 Å². The molecule has 0 aliphatic carbocycles. The Morgan fingerprint density at radius 3 is 2.71 bits per heavy atom. The summed E-state index contributed by atoms with van der Waals surface area (Å²) in [4.78, 5) is 12.2. The summed E-state index contributed by atoms with van der Waals surface area (Å²) < 4.78 is 2.03. The highest BCUT2D eigenvalue weighted by atomic mass is 32.1. The van der Waals surface area contributed by atoms with Crippen LogP contribution in [0.25, 0.3) is 16.3 Å². The van der Waals surface area contributed by atoms with Crippen LogP contribution in [0, 0.1) is 6.92 Å². The van der Waals surface area contributed by atoms with E-state index in [0.717, 1.165) is 27.5 Å². The highest BCUT2D eigenvalue weighted by Crippen LogP contribution is 2.30. The average Bonchev–Trinajstić information content (AvgIpc) is 3.06. The van der Waals surface area contributed by atoms with Crippen LogP contribution in [0.5, 0.6) is 0 Å². The second kappa shape index (κ2) is 5.58. The Morgan fingerprint density at radius 1 is 1.19 bits per heavy atom. The van der Waals surface area contributed by atoms with Crippen LogP contribution in [0.2, 0.25) is 0 Å². The molecule has 1 N–H and O–H groups in total. The van der Waals surface area contributed by atoms with Gasteiger partial charge in [-0.1, -0.05) is 18.2 Å². The Bertz CT molecular complexity index is 772. The molecule has 21 heavy (non-hydrogen) atoms. The van der Waals surface area contributed by atoms with E-state index in [2.05, 4.69) is 12.1 Å². The van der Waals surface area contributed by atoms with Gasteiger partial charge in [-0.3, -0.25) is 4.79 Å². The van der Waals surface area contributed by atoms with Crippen LogP contribution in [-0.4, -0.2) is 15.6 Å². The Balaban J connectivity index is 2.19. The molecule has 3 rings (SSSR count). The van der Waals surface area contributed by atoms with Crippen molar-refractivity contribution in [3.05, 3.63) is 65.2 Å². The molecule has 3 nitrogen and oxygen atoms in total. The molecule has 3 aromatic rings. The molecule has 0 atom stereocenters. The molecule has 0 saturated heterocycles. The molecule has 2 aromatic heterocycles. The van der Waals surface area contributed by atoms with E-state index in [4.69, 9.17) is 5.11 Å². The van der Waals surface area contributed by atoms with Gasteiger partial charge in [-0.2, -0.15) is 0 Å². The van der Waals surface area contributed by atoms with Gasteiger partial charge in [0, 0.05) is 11.4 Å². The van der Waals surface area contributed by atoms with Crippen LogP contribution in [0.3, 0.4) is 0 Å². The first kappa shape index (κ1) is 13.6. The summed E-state index contributed by atoms with van der Waals surface area (Å²) in [5.41, 5.74) is 3.97. The Kier molecular flexibility index (Phi) is 3.62. The van der Waals surface area contributed by atoms with Gasteiger partial charge >= 0.3 is 5.97 Å². The summed E-state index contributed by atoms with van der Waals surface area (Å²) in [7, 11) is 0. The number of carboxylic acids is 1. The van der Waals surface area contributed by atoms with Crippen LogP contribution in [0.15, 0.2) is 53.9 Å². The van der Waals surface area contributed by atoms with Gasteiger partial charge in [-0.15, -0.1) is 11.3 Å². The first-order chi connectivity index (χ1) is 10.1. The van der Waals surface area contributed by atoms with Crippen LogP contribution in [0.1, 0.15) is 11.3 Å². The van der Waals surface area contributed by atoms with Gasteiger partial charge in [0.2, 0.25) is 0 Å². The Labute approximate surface area is 127 Å². The van der Waals surface area contributed by atoms with Gasteiger partial charge in [-0.05, 0) is 48.2 Å². The fourth-order valence-corrected chi connectivity index (χ4v) is 3.20. The van der Waals surface area contributed by atoms with Gasteiger partial charge in [0.25, 0.3) is 0 Å². The third-order valence-electron chi connectivity index (χ3n) is 3.33. The van der Waals surface area contributed by atoms with Crippen molar-refractivity contribution >= 4 is 17.3 Å². The third-order valence-corrected chi connectivity index (χ3v) is 4.22. The van der Waals surface area contributed by atoms with Gasteiger partial charge < -0.3 is 9.67 Å². The summed E-state index contributed by atoms with van der Waals surface area (Å²) >= 11 is 1.65. The lowest BCUT2D eigenvalue weighted by atomic mass is 10.2. The second-order valence-corrected chi connectivity index (χ2v) is 5.88. The van der Waals surface area contributed by atoms with E-state index in [1.165, 1.54) is 0 Å². The van der Waals surface area contributed by atoms with Gasteiger partial charge in [0.05, 0.1) is 17.0 Å². The van der Waals surface area contributed by atoms with Crippen molar-refractivity contribution in [3.63, 3.8) is 0 Å². The monoisotopic (exact) mass is 297 g/mol. The molecule has 0 aliphatic heterocycles. The van der Waals surface area contributed by atoms with Crippen molar-refractivity contribution < 1.29 is 9.90 Å². The molecule has 1 aromatic carbocycles. The molecule has 4 heteroatoms. The first-order valence-corrected chi connectivity index (χ1v) is 7.56. The number of aryl methyl sites for hydroxylation is 1. The third kappa shape index (κ3) is 2.76. The summed E-state index contributed by atoms with van der Waals surface area (Å²) in [6.45, 7) is 2.04. The van der Waals surface area contributed by atoms with Crippen molar-refractivity contribution in [3.8, 4) is 16.3 Å². The van der Waals surface area contributed by atoms with Crippen LogP contribution in [-0.2, 0) is 11.2 Å². The van der Waals surface area contributed by atoms with Crippen molar-refractivity contribution in [1.29, 1.82) is 0 Å². The summed E-state index contributed by atoms with van der Waals surface area (Å²) in [5.74, 6) is -0.820. The first-order valence-electron chi connectivity index (χ1n) is 6.68. The molecule has 2 heterocycles. The minimum atomic E-state index is -0.820. The minimum absolute atomic E-state index is 0.0132. The Hall–Kier alpha value is -2.33. The number of hydrogen-bond donors (Lipinski definition) is 1. The maximum absolute atomic E-state index is 11.1. The highest BCUT2D eigenvalue weighted by molar-refractivity contribution is 7.13. The van der Waals surface area contributed by atoms with Crippen molar-refractivity contribution in [2.45, 2.75) is 13.3 Å². The molecule has 0 amide bonds. The van der Waals surface area contributed by atoms with E-state index in [0.29, 0.717) is 0 Å². The van der Waals surface area contributed by atoms with Crippen LogP contribution >= 0.6 is 11.3 Å². The molecule has 0 spiro atoms. The summed E-state index contributed by atoms with van der Waals surface area (Å²) in [6.07, 6.45) is 0.0132. The Morgan fingerprint density at radius 2 is 2.05 bits per heavy atom. The molecule has 0 bridgehead atoms. The van der Waals surface area contributed by atoms with E-state index in [1.54, 1.807) is 11.3 Å². The lowest BCUT2D eigenvalue weighted by molar-refractivity contribution is -0.136. The standard InChI is InChI=1S/C17H15NO2S/c1-12-4-2-5-13(10-12)18-14(11-17(19)20)7-8-15(18)16-6-3-9-21-16/h2-10H,11H2,1H3,(H,19,20). The van der Waals surface area contributed by atoms with Crippen LogP contribution < -0.4 is 0 Å². The van der Waals surface area contributed by atoms with Crippen molar-refractivity contribution in [2.24, 2.45) is 0 Å². The number of rotatable bonds is 4. The zero-order valence-electron chi connectivity index (χ0n) is 11.6. The molecule has 0 aliphatic rings. The zero-order valence-corrected chi connectivity index (χ0v) is 12.4. The molecule has 0 saturated carbocycles. The average molecular weight is 297 g/mol. The summed E-state index contributed by atoms with van der Waals surface area (Å²) in [5, 5.41) is 11.1. The lowest BCUT2D eigenvalue weighted by Crippen LogP contribution is -2.07. The number of hydrogen-bond acceptors (Lipinski definition) is 2. The van der Waals surface area contributed by atoms with Crippen molar-refractivity contribution in [2.75, 3.05) is 0 Å². The number of aromatic nitrogens is 1. The molecular formula is C17H15NO2S. The molecule has 0 radical (unpaired) electrons. The second-order valence-electron chi connectivity index (χ2n) is 4.93. The number of thiophene rings is 1.